The predicted molar refractivity (Wildman–Crippen MR) is 56.7 cm³/mol. The second-order valence-electron chi connectivity index (χ2n) is 3.43. The molecule has 0 saturated carbocycles. The van der Waals surface area contributed by atoms with E-state index in [1.54, 1.807) is 4.90 Å². The summed E-state index contributed by atoms with van der Waals surface area (Å²) >= 11 is 0. The first-order chi connectivity index (χ1) is 7.29. The van der Waals surface area contributed by atoms with Gasteiger partial charge in [0.25, 0.3) is 5.91 Å². The highest BCUT2D eigenvalue weighted by Crippen LogP contribution is 2.05. The zero-order valence-electron chi connectivity index (χ0n) is 8.27. The molecule has 2 rings (SSSR count). The van der Waals surface area contributed by atoms with Crippen LogP contribution in [0.1, 0.15) is 16.8 Å². The van der Waals surface area contributed by atoms with Gasteiger partial charge in [-0.05, 0) is 6.42 Å². The number of pyridine rings is 1. The maximum Gasteiger partial charge on any atom is 0.259 e. The van der Waals surface area contributed by atoms with Gasteiger partial charge in [0, 0.05) is 31.5 Å². The van der Waals surface area contributed by atoms with Crippen molar-refractivity contribution in [3.63, 3.8) is 0 Å². The first-order valence-electron chi connectivity index (χ1n) is 4.90. The molecule has 0 radical (unpaired) electrons. The van der Waals surface area contributed by atoms with Crippen molar-refractivity contribution in [1.29, 1.82) is 0 Å². The lowest BCUT2D eigenvalue weighted by atomic mass is 10.2. The number of H-pyrrole nitrogens is 1. The van der Waals surface area contributed by atoms with Gasteiger partial charge in [0.2, 0.25) is 0 Å². The quantitative estimate of drug-likeness (QED) is 0.687. The molecule has 1 amide bonds. The van der Waals surface area contributed by atoms with Crippen molar-refractivity contribution in [3.8, 4) is 0 Å². The van der Waals surface area contributed by atoms with Gasteiger partial charge in [-0.2, -0.15) is 0 Å². The third kappa shape index (κ3) is 1.98. The first kappa shape index (κ1) is 9.71. The van der Waals surface area contributed by atoms with Gasteiger partial charge in [0.15, 0.2) is 5.43 Å². The van der Waals surface area contributed by atoms with Crippen molar-refractivity contribution >= 4 is 5.91 Å². The molecule has 78 valence electrons. The fourth-order valence-electron chi connectivity index (χ4n) is 1.58. The van der Waals surface area contributed by atoms with Crippen LogP contribution in [0.5, 0.6) is 0 Å². The van der Waals surface area contributed by atoms with Gasteiger partial charge in [0.1, 0.15) is 5.56 Å². The van der Waals surface area contributed by atoms with Crippen LogP contribution in [0.4, 0.5) is 0 Å². The summed E-state index contributed by atoms with van der Waals surface area (Å²) < 4.78 is 0. The maximum atomic E-state index is 11.9. The second-order valence-corrected chi connectivity index (χ2v) is 3.43. The molecule has 1 N–H and O–H groups in total. The molecule has 0 bridgehead atoms. The average molecular weight is 204 g/mol. The molecule has 4 nitrogen and oxygen atoms in total. The number of aromatic nitrogens is 1. The van der Waals surface area contributed by atoms with E-state index in [-0.39, 0.29) is 16.9 Å². The van der Waals surface area contributed by atoms with Gasteiger partial charge >= 0.3 is 0 Å². The topological polar surface area (TPSA) is 53.2 Å². The van der Waals surface area contributed by atoms with Crippen molar-refractivity contribution < 1.29 is 4.79 Å². The third-order valence-corrected chi connectivity index (χ3v) is 2.40. The van der Waals surface area contributed by atoms with Gasteiger partial charge in [0.05, 0.1) is 0 Å². The Balaban J connectivity index is 2.24. The molecule has 1 aliphatic heterocycles. The molecule has 15 heavy (non-hydrogen) atoms. The van der Waals surface area contributed by atoms with E-state index in [9.17, 15) is 9.59 Å². The Morgan fingerprint density at radius 1 is 1.40 bits per heavy atom. The highest BCUT2D eigenvalue weighted by atomic mass is 16.2. The van der Waals surface area contributed by atoms with Crippen LogP contribution in [0.3, 0.4) is 0 Å². The number of amides is 1. The zero-order chi connectivity index (χ0) is 10.7. The van der Waals surface area contributed by atoms with E-state index in [0.717, 1.165) is 6.42 Å². The minimum atomic E-state index is -0.228. The van der Waals surface area contributed by atoms with E-state index in [0.29, 0.717) is 13.1 Å². The molecule has 0 saturated heterocycles. The highest BCUT2D eigenvalue weighted by molar-refractivity contribution is 5.93. The molecule has 0 fully saturated rings. The Hall–Kier alpha value is -1.84. The number of nitrogens with zero attached hydrogens (tertiary/aromatic N) is 1. The summed E-state index contributed by atoms with van der Waals surface area (Å²) in [7, 11) is 0. The van der Waals surface area contributed by atoms with Gasteiger partial charge in [-0.1, -0.05) is 12.2 Å². The number of carbonyl (C=O) groups is 1. The summed E-state index contributed by atoms with van der Waals surface area (Å²) in [6, 6.07) is 1.37. The number of hydrogen-bond acceptors (Lipinski definition) is 2. The van der Waals surface area contributed by atoms with E-state index < -0.39 is 0 Å². The number of aromatic amines is 1. The molecular formula is C11H12N2O2. The van der Waals surface area contributed by atoms with Gasteiger partial charge < -0.3 is 9.88 Å². The average Bonchev–Trinajstić information content (AvgIpc) is 2.30. The Morgan fingerprint density at radius 2 is 2.27 bits per heavy atom. The van der Waals surface area contributed by atoms with Crippen molar-refractivity contribution in [3.05, 3.63) is 46.4 Å². The van der Waals surface area contributed by atoms with E-state index in [1.165, 1.54) is 18.5 Å². The summed E-state index contributed by atoms with van der Waals surface area (Å²) in [5, 5.41) is 0. The van der Waals surface area contributed by atoms with E-state index in [2.05, 4.69) is 4.98 Å². The molecule has 2 heterocycles. The van der Waals surface area contributed by atoms with Crippen molar-refractivity contribution in [2.24, 2.45) is 0 Å². The largest absolute Gasteiger partial charge is 0.367 e. The van der Waals surface area contributed by atoms with Crippen LogP contribution in [-0.2, 0) is 0 Å². The fourth-order valence-corrected chi connectivity index (χ4v) is 1.58. The second kappa shape index (κ2) is 4.13. The zero-order valence-corrected chi connectivity index (χ0v) is 8.27. The lowest BCUT2D eigenvalue weighted by Gasteiger charge is -2.22. The number of carbonyl (C=O) groups excluding carboxylic acids is 1. The molecule has 0 atom stereocenters. The van der Waals surface area contributed by atoms with Gasteiger partial charge in [-0.15, -0.1) is 0 Å². The van der Waals surface area contributed by atoms with Crippen LogP contribution in [0.25, 0.3) is 0 Å². The molecule has 0 aromatic carbocycles. The van der Waals surface area contributed by atoms with E-state index >= 15 is 0 Å². The lowest BCUT2D eigenvalue weighted by Crippen LogP contribution is -2.36. The van der Waals surface area contributed by atoms with Crippen LogP contribution in [0.15, 0.2) is 35.4 Å². The summed E-state index contributed by atoms with van der Waals surface area (Å²) in [5.41, 5.74) is -0.0129. The van der Waals surface area contributed by atoms with Gasteiger partial charge in [-0.25, -0.2) is 0 Å². The molecule has 1 aliphatic rings. The number of rotatable bonds is 1. The summed E-state index contributed by atoms with van der Waals surface area (Å²) in [6.07, 6.45) is 7.83. The number of hydrogen-bond donors (Lipinski definition) is 1. The number of nitrogens with one attached hydrogen (secondary N) is 1. The van der Waals surface area contributed by atoms with Crippen LogP contribution < -0.4 is 5.43 Å². The molecule has 0 spiro atoms. The van der Waals surface area contributed by atoms with Gasteiger partial charge in [-0.3, -0.25) is 9.59 Å². The van der Waals surface area contributed by atoms with Crippen molar-refractivity contribution in [2.75, 3.05) is 13.1 Å². The molecular weight excluding hydrogens is 192 g/mol. The van der Waals surface area contributed by atoms with Crippen LogP contribution in [-0.4, -0.2) is 28.9 Å². The summed E-state index contributed by atoms with van der Waals surface area (Å²) in [5.74, 6) is -0.193. The standard InChI is InChI=1S/C11H12N2O2/c14-10-4-5-12-8-9(10)11(15)13-6-2-1-3-7-13/h1-2,4-5,8H,3,6-7H2,(H,12,14). The van der Waals surface area contributed by atoms with Crippen LogP contribution >= 0.6 is 0 Å². The Morgan fingerprint density at radius 3 is 2.93 bits per heavy atom. The Kier molecular flexibility index (Phi) is 2.67. The minimum Gasteiger partial charge on any atom is -0.367 e. The third-order valence-electron chi connectivity index (χ3n) is 2.40. The van der Waals surface area contributed by atoms with Crippen molar-refractivity contribution in [1.82, 2.24) is 9.88 Å². The normalized spacial score (nSPS) is 15.3. The Bertz CT molecular complexity index is 448. The highest BCUT2D eigenvalue weighted by Gasteiger charge is 2.17. The first-order valence-corrected chi connectivity index (χ1v) is 4.90. The fraction of sp³-hybridized carbons (Fsp3) is 0.273. The summed E-state index contributed by atoms with van der Waals surface area (Å²) in [6.45, 7) is 1.27. The predicted octanol–water partition coefficient (Wildman–Crippen LogP) is 0.777. The molecule has 0 aliphatic carbocycles. The SMILES string of the molecule is O=C(c1c[nH]ccc1=O)N1CC=CCC1. The van der Waals surface area contributed by atoms with Crippen LogP contribution in [0, 0.1) is 0 Å². The molecule has 1 aromatic rings. The monoisotopic (exact) mass is 204 g/mol. The van der Waals surface area contributed by atoms with E-state index in [4.69, 9.17) is 0 Å². The Labute approximate surface area is 87.2 Å². The van der Waals surface area contributed by atoms with E-state index in [1.807, 2.05) is 12.2 Å². The van der Waals surface area contributed by atoms with Crippen LogP contribution in [0.2, 0.25) is 0 Å². The van der Waals surface area contributed by atoms with Crippen molar-refractivity contribution in [2.45, 2.75) is 6.42 Å². The molecule has 4 heteroatoms. The summed E-state index contributed by atoms with van der Waals surface area (Å²) in [4.78, 5) is 27.7. The minimum absolute atomic E-state index is 0.193. The molecule has 0 unspecified atom stereocenters. The molecule has 1 aromatic heterocycles. The smallest absolute Gasteiger partial charge is 0.259 e. The maximum absolute atomic E-state index is 11.9. The lowest BCUT2D eigenvalue weighted by molar-refractivity contribution is 0.0769.